The highest BCUT2D eigenvalue weighted by atomic mass is 35.5. The molecule has 0 aliphatic carbocycles. The Kier molecular flexibility index (Phi) is 4.84. The molecule has 3 rings (SSSR count). The van der Waals surface area contributed by atoms with Crippen molar-refractivity contribution in [2.24, 2.45) is 5.73 Å². The highest BCUT2D eigenvalue weighted by molar-refractivity contribution is 7.80. The number of nitrogens with two attached hydrogens (primary N) is 1. The van der Waals surface area contributed by atoms with Crippen LogP contribution in [0.25, 0.3) is 17.0 Å². The Balaban J connectivity index is 2.11. The molecule has 0 atom stereocenters. The van der Waals surface area contributed by atoms with Gasteiger partial charge in [0, 0.05) is 34.2 Å². The third-order valence-electron chi connectivity index (χ3n) is 3.86. The van der Waals surface area contributed by atoms with Crippen molar-refractivity contribution in [3.05, 3.63) is 76.2 Å². The maximum absolute atomic E-state index is 13.2. The monoisotopic (exact) mass is 369 g/mol. The second-order valence-corrected chi connectivity index (χ2v) is 6.35. The van der Waals surface area contributed by atoms with Crippen LogP contribution in [-0.4, -0.2) is 9.56 Å². The van der Waals surface area contributed by atoms with E-state index in [2.05, 4.69) is 0 Å². The largest absolute Gasteiger partial charge is 0.389 e. The molecule has 0 aliphatic heterocycles. The van der Waals surface area contributed by atoms with Gasteiger partial charge in [-0.25, -0.2) is 4.39 Å². The number of halogens is 2. The summed E-state index contributed by atoms with van der Waals surface area (Å²) >= 11 is 11.1. The molecule has 0 aliphatic rings. The predicted molar refractivity (Wildman–Crippen MR) is 103 cm³/mol. The van der Waals surface area contributed by atoms with Gasteiger partial charge in [-0.05, 0) is 29.8 Å². The van der Waals surface area contributed by atoms with E-state index in [0.717, 1.165) is 22.0 Å². The van der Waals surface area contributed by atoms with Crippen LogP contribution in [-0.2, 0) is 6.54 Å². The second kappa shape index (κ2) is 7.06. The molecule has 6 heteroatoms. The van der Waals surface area contributed by atoms with Gasteiger partial charge in [-0.15, -0.1) is 0 Å². The van der Waals surface area contributed by atoms with Gasteiger partial charge < -0.3 is 10.3 Å². The first-order chi connectivity index (χ1) is 12.0. The number of benzene rings is 2. The predicted octanol–water partition coefficient (Wildman–Crippen LogP) is 4.68. The number of fused-ring (bicyclic) bond motifs is 1. The fourth-order valence-corrected chi connectivity index (χ4v) is 3.00. The molecule has 0 amide bonds. The van der Waals surface area contributed by atoms with Crippen LogP contribution in [0.4, 0.5) is 4.39 Å². The number of hydrogen-bond donors (Lipinski definition) is 1. The van der Waals surface area contributed by atoms with Gasteiger partial charge in [0.15, 0.2) is 0 Å². The first-order valence-corrected chi connectivity index (χ1v) is 8.21. The van der Waals surface area contributed by atoms with E-state index in [1.807, 2.05) is 41.1 Å². The van der Waals surface area contributed by atoms with Crippen molar-refractivity contribution >= 4 is 45.8 Å². The first-order valence-electron chi connectivity index (χ1n) is 7.43. The number of rotatable bonds is 4. The molecular formula is C19H13ClFN3S. The Bertz CT molecular complexity index is 1050. The van der Waals surface area contributed by atoms with Crippen LogP contribution < -0.4 is 5.73 Å². The Morgan fingerprint density at radius 1 is 1.32 bits per heavy atom. The molecule has 0 fully saturated rings. The maximum Gasteiger partial charge on any atom is 0.124 e. The quantitative estimate of drug-likeness (QED) is 0.413. The van der Waals surface area contributed by atoms with Gasteiger partial charge in [0.05, 0.1) is 5.57 Å². The molecule has 3 nitrogen and oxygen atoms in total. The summed E-state index contributed by atoms with van der Waals surface area (Å²) in [4.78, 5) is 0.0564. The zero-order valence-electron chi connectivity index (χ0n) is 13.0. The summed E-state index contributed by atoms with van der Waals surface area (Å²) in [6, 6.07) is 14.1. The molecule has 1 heterocycles. The second-order valence-electron chi connectivity index (χ2n) is 5.50. The van der Waals surface area contributed by atoms with E-state index in [0.29, 0.717) is 11.6 Å². The summed E-state index contributed by atoms with van der Waals surface area (Å²) in [5, 5.41) is 10.5. The van der Waals surface area contributed by atoms with E-state index in [1.165, 1.54) is 12.1 Å². The third-order valence-corrected chi connectivity index (χ3v) is 4.43. The maximum atomic E-state index is 13.2. The van der Waals surface area contributed by atoms with Crippen molar-refractivity contribution in [3.8, 4) is 6.07 Å². The summed E-state index contributed by atoms with van der Waals surface area (Å²) in [5.41, 5.74) is 8.43. The lowest BCUT2D eigenvalue weighted by atomic mass is 10.1. The van der Waals surface area contributed by atoms with E-state index >= 15 is 0 Å². The van der Waals surface area contributed by atoms with E-state index in [-0.39, 0.29) is 16.4 Å². The zero-order valence-corrected chi connectivity index (χ0v) is 14.6. The van der Waals surface area contributed by atoms with Crippen LogP contribution in [0.1, 0.15) is 11.1 Å². The Morgan fingerprint density at radius 3 is 2.76 bits per heavy atom. The van der Waals surface area contributed by atoms with Crippen LogP contribution in [0.15, 0.2) is 54.2 Å². The van der Waals surface area contributed by atoms with E-state index in [9.17, 15) is 9.65 Å². The van der Waals surface area contributed by atoms with Gasteiger partial charge in [-0.1, -0.05) is 48.1 Å². The topological polar surface area (TPSA) is 54.7 Å². The molecule has 0 radical (unpaired) electrons. The first kappa shape index (κ1) is 17.2. The summed E-state index contributed by atoms with van der Waals surface area (Å²) in [6.07, 6.45) is 3.58. The van der Waals surface area contributed by atoms with Gasteiger partial charge in [-0.2, -0.15) is 5.26 Å². The van der Waals surface area contributed by atoms with Gasteiger partial charge in [0.2, 0.25) is 0 Å². The molecule has 2 N–H and O–H groups in total. The number of hydrogen-bond acceptors (Lipinski definition) is 2. The van der Waals surface area contributed by atoms with Crippen LogP contribution in [0.5, 0.6) is 0 Å². The molecule has 0 bridgehead atoms. The number of nitrogens with zero attached hydrogens (tertiary/aromatic N) is 2. The lowest BCUT2D eigenvalue weighted by Crippen LogP contribution is -2.09. The zero-order chi connectivity index (χ0) is 18.0. The molecule has 124 valence electrons. The minimum absolute atomic E-state index is 0.0564. The number of thiocarbonyl (C=S) groups is 1. The molecule has 0 unspecified atom stereocenters. The van der Waals surface area contributed by atoms with Gasteiger partial charge in [0.1, 0.15) is 16.9 Å². The van der Waals surface area contributed by atoms with Crippen molar-refractivity contribution in [2.45, 2.75) is 6.54 Å². The lowest BCUT2D eigenvalue weighted by Gasteiger charge is -2.07. The Morgan fingerprint density at radius 2 is 2.08 bits per heavy atom. The Hall–Kier alpha value is -2.68. The average Bonchev–Trinajstić information content (AvgIpc) is 2.93. The van der Waals surface area contributed by atoms with Gasteiger partial charge in [-0.3, -0.25) is 0 Å². The van der Waals surface area contributed by atoms with E-state index < -0.39 is 0 Å². The summed E-state index contributed by atoms with van der Waals surface area (Å²) < 4.78 is 15.2. The molecule has 1 aromatic heterocycles. The minimum atomic E-state index is -0.371. The standard InChI is InChI=1S/C19H13ClFN3S/c20-17-8-15(21)6-5-12(17)10-24-11-14(7-13(9-22)19(23)25)16-3-1-2-4-18(16)24/h1-8,11H,10H2,(H2,23,25). The smallest absolute Gasteiger partial charge is 0.124 e. The molecule has 0 saturated heterocycles. The molecule has 25 heavy (non-hydrogen) atoms. The van der Waals surface area contributed by atoms with Crippen molar-refractivity contribution in [1.29, 1.82) is 5.26 Å². The molecule has 0 spiro atoms. The fraction of sp³-hybridized carbons (Fsp3) is 0.0526. The molecule has 0 saturated carbocycles. The van der Waals surface area contributed by atoms with Crippen molar-refractivity contribution in [3.63, 3.8) is 0 Å². The van der Waals surface area contributed by atoms with E-state index in [4.69, 9.17) is 29.6 Å². The highest BCUT2D eigenvalue weighted by Crippen LogP contribution is 2.26. The number of aromatic nitrogens is 1. The van der Waals surface area contributed by atoms with Crippen LogP contribution in [0.3, 0.4) is 0 Å². The third kappa shape index (κ3) is 3.55. The Labute approximate surface area is 154 Å². The minimum Gasteiger partial charge on any atom is -0.389 e. The average molecular weight is 370 g/mol. The highest BCUT2D eigenvalue weighted by Gasteiger charge is 2.10. The van der Waals surface area contributed by atoms with Crippen LogP contribution in [0, 0.1) is 17.1 Å². The van der Waals surface area contributed by atoms with E-state index in [1.54, 1.807) is 12.1 Å². The number of nitriles is 1. The van der Waals surface area contributed by atoms with Gasteiger partial charge in [0.25, 0.3) is 0 Å². The summed E-state index contributed by atoms with van der Waals surface area (Å²) in [6.45, 7) is 0.475. The summed E-state index contributed by atoms with van der Waals surface area (Å²) in [5.74, 6) is -0.371. The summed E-state index contributed by atoms with van der Waals surface area (Å²) in [7, 11) is 0. The van der Waals surface area contributed by atoms with Crippen LogP contribution >= 0.6 is 23.8 Å². The van der Waals surface area contributed by atoms with Crippen molar-refractivity contribution in [2.75, 3.05) is 0 Å². The lowest BCUT2D eigenvalue weighted by molar-refractivity contribution is 0.626. The number of para-hydroxylation sites is 1. The normalized spacial score (nSPS) is 11.5. The van der Waals surface area contributed by atoms with Crippen molar-refractivity contribution < 1.29 is 4.39 Å². The molecular weight excluding hydrogens is 357 g/mol. The molecule has 3 aromatic rings. The molecule has 2 aromatic carbocycles. The van der Waals surface area contributed by atoms with Crippen molar-refractivity contribution in [1.82, 2.24) is 4.57 Å². The van der Waals surface area contributed by atoms with Gasteiger partial charge >= 0.3 is 0 Å². The van der Waals surface area contributed by atoms with Crippen LogP contribution in [0.2, 0.25) is 5.02 Å². The SMILES string of the molecule is N#CC(=Cc1cn(Cc2ccc(F)cc2Cl)c2ccccc12)C(N)=S. The fourth-order valence-electron chi connectivity index (χ4n) is 2.67.